The minimum absolute atomic E-state index is 0.494. The smallest absolute Gasteiger partial charge is 0.150 e. The van der Waals surface area contributed by atoms with Crippen LogP contribution in [-0.4, -0.2) is 9.97 Å². The zero-order valence-corrected chi connectivity index (χ0v) is 13.3. The minimum atomic E-state index is 0.494. The molecule has 0 N–H and O–H groups in total. The number of rotatable bonds is 1. The van der Waals surface area contributed by atoms with Crippen LogP contribution in [-0.2, 0) is 0 Å². The van der Waals surface area contributed by atoms with Crippen molar-refractivity contribution in [3.63, 3.8) is 0 Å². The van der Waals surface area contributed by atoms with Crippen molar-refractivity contribution < 1.29 is 0 Å². The third kappa shape index (κ3) is 2.22. The predicted octanol–water partition coefficient (Wildman–Crippen LogP) is 5.27. The Labute approximate surface area is 131 Å². The molecule has 0 aliphatic carbocycles. The molecule has 0 radical (unpaired) electrons. The van der Waals surface area contributed by atoms with Crippen LogP contribution in [0.4, 0.5) is 0 Å². The average Bonchev–Trinajstić information content (AvgIpc) is 2.77. The van der Waals surface area contributed by atoms with Gasteiger partial charge in [-0.1, -0.05) is 23.2 Å². The van der Waals surface area contributed by atoms with E-state index in [1.165, 1.54) is 6.33 Å². The van der Waals surface area contributed by atoms with Crippen molar-refractivity contribution in [3.8, 4) is 10.4 Å². The Morgan fingerprint density at radius 1 is 1.11 bits per heavy atom. The van der Waals surface area contributed by atoms with Gasteiger partial charge in [0.25, 0.3) is 0 Å². The summed E-state index contributed by atoms with van der Waals surface area (Å²) < 4.78 is 2.05. The van der Waals surface area contributed by atoms with Crippen molar-refractivity contribution >= 4 is 67.3 Å². The maximum Gasteiger partial charge on any atom is 0.150 e. The van der Waals surface area contributed by atoms with E-state index in [4.69, 9.17) is 23.2 Å². The van der Waals surface area contributed by atoms with Crippen molar-refractivity contribution in [1.29, 1.82) is 0 Å². The molecule has 0 aliphatic rings. The topological polar surface area (TPSA) is 25.8 Å². The minimum Gasteiger partial charge on any atom is -0.235 e. The van der Waals surface area contributed by atoms with Crippen molar-refractivity contribution in [2.45, 2.75) is 0 Å². The van der Waals surface area contributed by atoms with E-state index >= 15 is 0 Å². The molecule has 1 aromatic carbocycles. The van der Waals surface area contributed by atoms with Gasteiger partial charge in [0.2, 0.25) is 0 Å². The van der Waals surface area contributed by atoms with Crippen LogP contribution in [0, 0.1) is 3.57 Å². The summed E-state index contributed by atoms with van der Waals surface area (Å²) in [5, 5.41) is 1.22. The molecule has 0 bridgehead atoms. The molecule has 0 fully saturated rings. The third-order valence-corrected chi connectivity index (χ3v) is 5.20. The maximum absolute atomic E-state index is 6.06. The molecule has 0 aliphatic heterocycles. The van der Waals surface area contributed by atoms with Crippen molar-refractivity contribution in [2.75, 3.05) is 0 Å². The second kappa shape index (κ2) is 4.92. The van der Waals surface area contributed by atoms with Crippen molar-refractivity contribution in [1.82, 2.24) is 9.97 Å². The summed E-state index contributed by atoms with van der Waals surface area (Å²) in [6, 6.07) is 7.85. The van der Waals surface area contributed by atoms with Gasteiger partial charge < -0.3 is 0 Å². The fourth-order valence-corrected chi connectivity index (χ4v) is 3.90. The molecule has 90 valence electrons. The molecule has 0 saturated heterocycles. The van der Waals surface area contributed by atoms with Crippen LogP contribution < -0.4 is 0 Å². The quantitative estimate of drug-likeness (QED) is 0.406. The van der Waals surface area contributed by atoms with Crippen LogP contribution in [0.2, 0.25) is 10.2 Å². The first kappa shape index (κ1) is 12.6. The molecular weight excluding hydrogens is 402 g/mol. The van der Waals surface area contributed by atoms with E-state index in [2.05, 4.69) is 32.6 Å². The van der Waals surface area contributed by atoms with Gasteiger partial charge in [0.1, 0.15) is 11.5 Å². The summed E-state index contributed by atoms with van der Waals surface area (Å²) in [7, 11) is 0. The molecule has 3 rings (SSSR count). The zero-order valence-electron chi connectivity index (χ0n) is 8.82. The normalized spacial score (nSPS) is 11.1. The molecule has 18 heavy (non-hydrogen) atoms. The summed E-state index contributed by atoms with van der Waals surface area (Å²) >= 11 is 16.0. The number of fused-ring (bicyclic) bond motifs is 1. The summed E-state index contributed by atoms with van der Waals surface area (Å²) in [5.74, 6) is 0. The number of hydrogen-bond acceptors (Lipinski definition) is 3. The molecule has 3 aromatic rings. The van der Waals surface area contributed by atoms with E-state index in [1.807, 2.05) is 24.3 Å². The van der Waals surface area contributed by atoms with E-state index in [1.54, 1.807) is 11.3 Å². The van der Waals surface area contributed by atoms with Crippen LogP contribution in [0.15, 0.2) is 30.6 Å². The fraction of sp³-hybridized carbons (Fsp3) is 0. The second-order valence-corrected chi connectivity index (χ2v) is 6.62. The van der Waals surface area contributed by atoms with E-state index in [0.29, 0.717) is 5.15 Å². The first-order chi connectivity index (χ1) is 8.65. The van der Waals surface area contributed by atoms with Gasteiger partial charge in [-0.05, 0) is 46.9 Å². The molecule has 2 nitrogen and oxygen atoms in total. The number of nitrogens with zero attached hydrogens (tertiary/aromatic N) is 2. The molecule has 0 atom stereocenters. The lowest BCUT2D eigenvalue weighted by molar-refractivity contribution is 1.23. The van der Waals surface area contributed by atoms with Crippen molar-refractivity contribution in [2.24, 2.45) is 0 Å². The predicted molar refractivity (Wildman–Crippen MR) is 85.6 cm³/mol. The lowest BCUT2D eigenvalue weighted by atomic mass is 10.2. The molecule has 0 spiro atoms. The average molecular weight is 407 g/mol. The number of aromatic nitrogens is 2. The SMILES string of the molecule is Clc1ccc(I)c(-c2cc3ncnc(Cl)c3s2)c1. The van der Waals surface area contributed by atoms with E-state index in [0.717, 1.165) is 29.3 Å². The lowest BCUT2D eigenvalue weighted by Crippen LogP contribution is -1.78. The molecule has 0 saturated carbocycles. The largest absolute Gasteiger partial charge is 0.235 e. The standard InChI is InChI=1S/C12H5Cl2IN2S/c13-6-1-2-8(15)7(3-6)10-4-9-11(18-10)12(14)17-5-16-9/h1-5H. The molecule has 0 amide bonds. The Morgan fingerprint density at radius 2 is 1.94 bits per heavy atom. The lowest BCUT2D eigenvalue weighted by Gasteiger charge is -2.01. The van der Waals surface area contributed by atoms with Gasteiger partial charge in [-0.25, -0.2) is 9.97 Å². The highest BCUT2D eigenvalue weighted by Gasteiger charge is 2.11. The van der Waals surface area contributed by atoms with Gasteiger partial charge in [0.15, 0.2) is 0 Å². The van der Waals surface area contributed by atoms with E-state index < -0.39 is 0 Å². The molecule has 0 unspecified atom stereocenters. The first-order valence-corrected chi connectivity index (χ1v) is 7.66. The Morgan fingerprint density at radius 3 is 2.72 bits per heavy atom. The van der Waals surface area contributed by atoms with Crippen LogP contribution in [0.5, 0.6) is 0 Å². The summed E-state index contributed by atoms with van der Waals surface area (Å²) in [5.41, 5.74) is 1.97. The van der Waals surface area contributed by atoms with Crippen molar-refractivity contribution in [3.05, 3.63) is 44.3 Å². The third-order valence-electron chi connectivity index (χ3n) is 2.46. The van der Waals surface area contributed by atoms with Crippen LogP contribution in [0.1, 0.15) is 0 Å². The van der Waals surface area contributed by atoms with E-state index in [9.17, 15) is 0 Å². The van der Waals surface area contributed by atoms with Gasteiger partial charge in [-0.2, -0.15) is 0 Å². The van der Waals surface area contributed by atoms with Gasteiger partial charge in [0.05, 0.1) is 10.2 Å². The Bertz CT molecular complexity index is 742. The summed E-state index contributed by atoms with van der Waals surface area (Å²) in [6.45, 7) is 0. The highest BCUT2D eigenvalue weighted by molar-refractivity contribution is 14.1. The van der Waals surface area contributed by atoms with Crippen LogP contribution in [0.3, 0.4) is 0 Å². The first-order valence-electron chi connectivity index (χ1n) is 5.00. The second-order valence-electron chi connectivity index (χ2n) is 3.61. The number of hydrogen-bond donors (Lipinski definition) is 0. The molecular formula is C12H5Cl2IN2S. The fourth-order valence-electron chi connectivity index (χ4n) is 1.64. The Balaban J connectivity index is 2.26. The number of halogens is 3. The van der Waals surface area contributed by atoms with Gasteiger partial charge in [0, 0.05) is 19.0 Å². The van der Waals surface area contributed by atoms with Gasteiger partial charge in [-0.3, -0.25) is 0 Å². The molecule has 6 heteroatoms. The number of benzene rings is 1. The monoisotopic (exact) mass is 406 g/mol. The highest BCUT2D eigenvalue weighted by atomic mass is 127. The Hall–Kier alpha value is -0.430. The maximum atomic E-state index is 6.06. The summed E-state index contributed by atoms with van der Waals surface area (Å²) in [6.07, 6.45) is 1.48. The van der Waals surface area contributed by atoms with Crippen LogP contribution >= 0.6 is 57.1 Å². The number of thiophene rings is 1. The zero-order chi connectivity index (χ0) is 12.7. The summed E-state index contributed by atoms with van der Waals surface area (Å²) in [4.78, 5) is 9.31. The van der Waals surface area contributed by atoms with E-state index in [-0.39, 0.29) is 0 Å². The highest BCUT2D eigenvalue weighted by Crippen LogP contribution is 2.38. The van der Waals surface area contributed by atoms with Crippen LogP contribution in [0.25, 0.3) is 20.7 Å². The van der Waals surface area contributed by atoms with Gasteiger partial charge >= 0.3 is 0 Å². The molecule has 2 aromatic heterocycles. The molecule has 2 heterocycles. The Kier molecular flexibility index (Phi) is 3.44. The van der Waals surface area contributed by atoms with Gasteiger partial charge in [-0.15, -0.1) is 11.3 Å².